The summed E-state index contributed by atoms with van der Waals surface area (Å²) < 4.78 is 15.3. The van der Waals surface area contributed by atoms with E-state index < -0.39 is 0 Å². The fraction of sp³-hybridized carbons (Fsp3) is 0.267. The number of nitrogens with zero attached hydrogens (tertiary/aromatic N) is 3. The van der Waals surface area contributed by atoms with E-state index in [0.29, 0.717) is 36.0 Å². The first kappa shape index (κ1) is 13.5. The number of allylic oxidation sites excluding steroid dienone is 1. The molecule has 3 heterocycles. The van der Waals surface area contributed by atoms with E-state index in [9.17, 15) is 9.18 Å². The van der Waals surface area contributed by atoms with Crippen LogP contribution < -0.4 is 10.9 Å². The highest BCUT2D eigenvalue weighted by molar-refractivity contribution is 8.03. The number of carbonyl (C=O) groups is 1. The minimum Gasteiger partial charge on any atom is -0.369 e. The summed E-state index contributed by atoms with van der Waals surface area (Å²) in [6, 6.07) is 4.43. The summed E-state index contributed by atoms with van der Waals surface area (Å²) in [7, 11) is 0. The predicted molar refractivity (Wildman–Crippen MR) is 83.9 cm³/mol. The number of thioether (sulfide) groups is 1. The van der Waals surface area contributed by atoms with E-state index in [1.807, 2.05) is 16.1 Å². The Morgan fingerprint density at radius 3 is 3.23 bits per heavy atom. The molecule has 7 heteroatoms. The molecule has 22 heavy (non-hydrogen) atoms. The van der Waals surface area contributed by atoms with Crippen molar-refractivity contribution in [3.8, 4) is 0 Å². The fourth-order valence-electron chi connectivity index (χ4n) is 2.70. The maximum atomic E-state index is 13.5. The maximum Gasteiger partial charge on any atom is 0.262 e. The lowest BCUT2D eigenvalue weighted by Gasteiger charge is -2.08. The molecule has 2 aliphatic heterocycles. The quantitative estimate of drug-likeness (QED) is 0.875. The summed E-state index contributed by atoms with van der Waals surface area (Å²) in [5, 5.41) is 5.70. The Bertz CT molecular complexity index is 866. The molecule has 5 nitrogen and oxygen atoms in total. The molecule has 0 saturated heterocycles. The van der Waals surface area contributed by atoms with E-state index in [-0.39, 0.29) is 17.0 Å². The molecule has 1 amide bonds. The van der Waals surface area contributed by atoms with Crippen molar-refractivity contribution in [2.45, 2.75) is 18.2 Å². The van der Waals surface area contributed by atoms with Gasteiger partial charge in [-0.2, -0.15) is 4.99 Å². The molecule has 0 radical (unpaired) electrons. The average molecular weight is 316 g/mol. The molecule has 4 rings (SSSR count). The van der Waals surface area contributed by atoms with Crippen LogP contribution in [-0.2, 0) is 11.3 Å². The SMILES string of the molecule is O=C(N=c1nc2ccc(F)cc2c2n1CCN2)C1CC=CS1. The molecule has 0 fully saturated rings. The van der Waals surface area contributed by atoms with Gasteiger partial charge in [0, 0.05) is 18.5 Å². The Hall–Kier alpha value is -2.15. The van der Waals surface area contributed by atoms with Gasteiger partial charge in [0.05, 0.1) is 10.8 Å². The summed E-state index contributed by atoms with van der Waals surface area (Å²) in [6.07, 6.45) is 2.68. The van der Waals surface area contributed by atoms with Crippen molar-refractivity contribution in [2.24, 2.45) is 4.99 Å². The fourth-order valence-corrected chi connectivity index (χ4v) is 3.50. The number of halogens is 1. The van der Waals surface area contributed by atoms with Gasteiger partial charge < -0.3 is 5.32 Å². The van der Waals surface area contributed by atoms with Crippen LogP contribution >= 0.6 is 11.8 Å². The molecule has 1 N–H and O–H groups in total. The van der Waals surface area contributed by atoms with Gasteiger partial charge in [0.2, 0.25) is 5.62 Å². The Kier molecular flexibility index (Phi) is 3.22. The van der Waals surface area contributed by atoms with Crippen LogP contribution in [0.15, 0.2) is 34.7 Å². The first-order valence-corrected chi connectivity index (χ1v) is 8.00. The van der Waals surface area contributed by atoms with E-state index in [1.54, 1.807) is 6.07 Å². The molecule has 2 aromatic rings. The standard InChI is InChI=1S/C15H13FN4OS/c16-9-3-4-11-10(8-9)13-17-5-6-20(13)15(18-11)19-14(21)12-2-1-7-22-12/h1,3-4,7-8,12,17H,2,5-6H2. The molecule has 1 unspecified atom stereocenters. The Balaban J connectivity index is 1.88. The van der Waals surface area contributed by atoms with Crippen molar-refractivity contribution in [3.05, 3.63) is 41.1 Å². The normalized spacial score (nSPS) is 20.4. The van der Waals surface area contributed by atoms with Crippen molar-refractivity contribution in [2.75, 3.05) is 11.9 Å². The number of anilines is 1. The second kappa shape index (κ2) is 5.24. The number of fused-ring (bicyclic) bond motifs is 3. The van der Waals surface area contributed by atoms with Crippen molar-refractivity contribution in [1.82, 2.24) is 9.55 Å². The average Bonchev–Trinajstić information content (AvgIpc) is 3.19. The van der Waals surface area contributed by atoms with Gasteiger partial charge in [-0.3, -0.25) is 9.36 Å². The number of hydrogen-bond donors (Lipinski definition) is 1. The number of benzene rings is 1. The molecular formula is C15H13FN4OS. The van der Waals surface area contributed by atoms with Crippen LogP contribution in [-0.4, -0.2) is 27.3 Å². The molecule has 0 aliphatic carbocycles. The monoisotopic (exact) mass is 316 g/mol. The highest BCUT2D eigenvalue weighted by atomic mass is 32.2. The van der Waals surface area contributed by atoms with Crippen LogP contribution in [0.25, 0.3) is 10.9 Å². The molecule has 2 aliphatic rings. The molecule has 0 bridgehead atoms. The van der Waals surface area contributed by atoms with Crippen molar-refractivity contribution < 1.29 is 9.18 Å². The highest BCUT2D eigenvalue weighted by Crippen LogP contribution is 2.26. The predicted octanol–water partition coefficient (Wildman–Crippen LogP) is 2.05. The zero-order chi connectivity index (χ0) is 15.1. The number of nitrogens with one attached hydrogen (secondary N) is 1. The molecule has 0 saturated carbocycles. The van der Waals surface area contributed by atoms with E-state index in [0.717, 1.165) is 5.82 Å². The number of hydrogen-bond acceptors (Lipinski definition) is 4. The first-order chi connectivity index (χ1) is 10.7. The number of carbonyl (C=O) groups excluding carboxylic acids is 1. The van der Waals surface area contributed by atoms with Crippen LogP contribution in [0.2, 0.25) is 0 Å². The van der Waals surface area contributed by atoms with E-state index in [4.69, 9.17) is 0 Å². The van der Waals surface area contributed by atoms with Gasteiger partial charge in [0.25, 0.3) is 5.91 Å². The minimum absolute atomic E-state index is 0.156. The van der Waals surface area contributed by atoms with E-state index in [2.05, 4.69) is 15.3 Å². The van der Waals surface area contributed by atoms with Crippen molar-refractivity contribution in [3.63, 3.8) is 0 Å². The minimum atomic E-state index is -0.306. The lowest BCUT2D eigenvalue weighted by molar-refractivity contribution is -0.117. The van der Waals surface area contributed by atoms with Crippen LogP contribution in [0.3, 0.4) is 0 Å². The zero-order valence-corrected chi connectivity index (χ0v) is 12.4. The number of aromatic nitrogens is 2. The molecular weight excluding hydrogens is 303 g/mol. The lowest BCUT2D eigenvalue weighted by atomic mass is 10.2. The molecule has 1 atom stereocenters. The smallest absolute Gasteiger partial charge is 0.262 e. The van der Waals surface area contributed by atoms with Crippen LogP contribution in [0.4, 0.5) is 10.2 Å². The van der Waals surface area contributed by atoms with Gasteiger partial charge in [0.1, 0.15) is 11.6 Å². The van der Waals surface area contributed by atoms with Crippen molar-refractivity contribution >= 4 is 34.4 Å². The first-order valence-electron chi connectivity index (χ1n) is 7.05. The van der Waals surface area contributed by atoms with Crippen LogP contribution in [0.5, 0.6) is 0 Å². The Morgan fingerprint density at radius 1 is 1.50 bits per heavy atom. The third kappa shape index (κ3) is 2.21. The summed E-state index contributed by atoms with van der Waals surface area (Å²) in [4.78, 5) is 20.9. The maximum absolute atomic E-state index is 13.5. The summed E-state index contributed by atoms with van der Waals surface area (Å²) in [5.74, 6) is 0.291. The zero-order valence-electron chi connectivity index (χ0n) is 11.6. The second-order valence-corrected chi connectivity index (χ2v) is 6.30. The lowest BCUT2D eigenvalue weighted by Crippen LogP contribution is -2.26. The Labute approximate surface area is 130 Å². The summed E-state index contributed by atoms with van der Waals surface area (Å²) in [6.45, 7) is 1.38. The van der Waals surface area contributed by atoms with Gasteiger partial charge in [-0.1, -0.05) is 6.08 Å². The van der Waals surface area contributed by atoms with Crippen molar-refractivity contribution in [1.29, 1.82) is 0 Å². The molecule has 1 aromatic carbocycles. The second-order valence-electron chi connectivity index (χ2n) is 5.18. The number of amides is 1. The van der Waals surface area contributed by atoms with E-state index >= 15 is 0 Å². The third-order valence-electron chi connectivity index (χ3n) is 3.75. The van der Waals surface area contributed by atoms with Gasteiger partial charge >= 0.3 is 0 Å². The largest absolute Gasteiger partial charge is 0.369 e. The van der Waals surface area contributed by atoms with E-state index in [1.165, 1.54) is 23.9 Å². The van der Waals surface area contributed by atoms with Gasteiger partial charge in [-0.25, -0.2) is 9.37 Å². The van der Waals surface area contributed by atoms with Crippen LogP contribution in [0, 0.1) is 5.82 Å². The highest BCUT2D eigenvalue weighted by Gasteiger charge is 2.21. The summed E-state index contributed by atoms with van der Waals surface area (Å²) >= 11 is 1.48. The number of rotatable bonds is 1. The molecule has 112 valence electrons. The molecule has 0 spiro atoms. The van der Waals surface area contributed by atoms with Gasteiger partial charge in [-0.05, 0) is 30.0 Å². The molecule has 1 aromatic heterocycles. The third-order valence-corrected chi connectivity index (χ3v) is 4.82. The van der Waals surface area contributed by atoms with Gasteiger partial charge in [0.15, 0.2) is 0 Å². The van der Waals surface area contributed by atoms with Crippen LogP contribution in [0.1, 0.15) is 6.42 Å². The van der Waals surface area contributed by atoms with Gasteiger partial charge in [-0.15, -0.1) is 11.8 Å². The topological polar surface area (TPSA) is 59.3 Å². The Morgan fingerprint density at radius 2 is 2.41 bits per heavy atom. The summed E-state index contributed by atoms with van der Waals surface area (Å²) in [5.41, 5.74) is 1.02.